The number of aryl methyl sites for hydroxylation is 1. The van der Waals surface area contributed by atoms with Gasteiger partial charge in [-0.25, -0.2) is 4.99 Å². The Morgan fingerprint density at radius 1 is 1.15 bits per heavy atom. The lowest BCUT2D eigenvalue weighted by Gasteiger charge is -2.25. The Balaban J connectivity index is 0.00000261. The number of fused-ring (bicyclic) bond motifs is 1. The van der Waals surface area contributed by atoms with Gasteiger partial charge in [0.15, 0.2) is 17.5 Å². The lowest BCUT2D eigenvalue weighted by atomic mass is 9.83. The number of nitrogens with one attached hydrogen (secondary N) is 1. The van der Waals surface area contributed by atoms with Crippen LogP contribution in [0.1, 0.15) is 35.4 Å². The van der Waals surface area contributed by atoms with Crippen LogP contribution in [0.5, 0.6) is 11.5 Å². The average molecular weight is 481 g/mol. The van der Waals surface area contributed by atoms with Gasteiger partial charge in [-0.2, -0.15) is 0 Å². The highest BCUT2D eigenvalue weighted by Crippen LogP contribution is 2.31. The van der Waals surface area contributed by atoms with Crippen molar-refractivity contribution in [3.05, 3.63) is 59.2 Å². The van der Waals surface area contributed by atoms with E-state index in [2.05, 4.69) is 34.6 Å². The summed E-state index contributed by atoms with van der Waals surface area (Å²) in [6.45, 7) is 1.32. The smallest absolute Gasteiger partial charge is 0.188 e. The van der Waals surface area contributed by atoms with Gasteiger partial charge in [0.25, 0.3) is 0 Å². The fourth-order valence-corrected chi connectivity index (χ4v) is 3.51. The molecule has 2 aromatic carbocycles. The van der Waals surface area contributed by atoms with Crippen LogP contribution in [0.25, 0.3) is 0 Å². The summed E-state index contributed by atoms with van der Waals surface area (Å²) >= 11 is 0. The van der Waals surface area contributed by atoms with E-state index in [1.165, 1.54) is 30.4 Å². The second kappa shape index (κ2) is 10.4. The molecule has 1 aliphatic rings. The molecule has 27 heavy (non-hydrogen) atoms. The molecule has 0 aliphatic heterocycles. The Hall–Kier alpha value is -1.96. The molecule has 0 spiro atoms. The maximum Gasteiger partial charge on any atom is 0.188 e. The second-order valence-corrected chi connectivity index (χ2v) is 6.56. The molecule has 0 bridgehead atoms. The largest absolute Gasteiger partial charge is 0.493 e. The summed E-state index contributed by atoms with van der Waals surface area (Å²) in [6, 6.07) is 14.5. The third-order valence-corrected chi connectivity index (χ3v) is 4.90. The standard InChI is InChI=1S/C21H27N3O2.HI/c1-25-19-11-10-15(12-20(19)26-2)13-23-21(22)24-14-17-8-5-7-16-6-3-4-9-18(16)17;/h3-4,6,9-12,17H,5,7-8,13-14H2,1-2H3,(H3,22,23,24);1H. The van der Waals surface area contributed by atoms with Gasteiger partial charge in [0.2, 0.25) is 0 Å². The Kier molecular flexibility index (Phi) is 8.22. The van der Waals surface area contributed by atoms with Crippen LogP contribution in [0, 0.1) is 0 Å². The molecule has 2 aromatic rings. The number of methoxy groups -OCH3 is 2. The van der Waals surface area contributed by atoms with Gasteiger partial charge >= 0.3 is 0 Å². The van der Waals surface area contributed by atoms with Crippen LogP contribution in [0.2, 0.25) is 0 Å². The molecule has 1 unspecified atom stereocenters. The minimum absolute atomic E-state index is 0. The quantitative estimate of drug-likeness (QED) is 0.374. The third-order valence-electron chi connectivity index (χ3n) is 4.90. The number of nitrogens with zero attached hydrogens (tertiary/aromatic N) is 1. The van der Waals surface area contributed by atoms with Gasteiger partial charge in [-0.05, 0) is 48.1 Å². The zero-order chi connectivity index (χ0) is 18.4. The first-order chi connectivity index (χ1) is 12.7. The van der Waals surface area contributed by atoms with E-state index in [1.54, 1.807) is 14.2 Å². The van der Waals surface area contributed by atoms with Gasteiger partial charge in [-0.1, -0.05) is 30.3 Å². The molecule has 3 N–H and O–H groups in total. The van der Waals surface area contributed by atoms with E-state index in [4.69, 9.17) is 15.2 Å². The predicted octanol–water partition coefficient (Wildman–Crippen LogP) is 3.85. The molecule has 0 saturated heterocycles. The predicted molar refractivity (Wildman–Crippen MR) is 120 cm³/mol. The fourth-order valence-electron chi connectivity index (χ4n) is 3.51. The molecule has 0 radical (unpaired) electrons. The van der Waals surface area contributed by atoms with Crippen LogP contribution in [0.4, 0.5) is 0 Å². The third kappa shape index (κ3) is 5.51. The van der Waals surface area contributed by atoms with Crippen LogP contribution >= 0.6 is 24.0 Å². The van der Waals surface area contributed by atoms with Crippen molar-refractivity contribution in [2.24, 2.45) is 10.7 Å². The van der Waals surface area contributed by atoms with Gasteiger partial charge < -0.3 is 20.5 Å². The van der Waals surface area contributed by atoms with E-state index in [0.29, 0.717) is 29.9 Å². The normalized spacial score (nSPS) is 16.1. The Bertz CT molecular complexity index is 780. The Labute approximate surface area is 178 Å². The highest BCUT2D eigenvalue weighted by atomic mass is 127. The van der Waals surface area contributed by atoms with Crippen molar-refractivity contribution >= 4 is 29.9 Å². The topological polar surface area (TPSA) is 68.9 Å². The van der Waals surface area contributed by atoms with E-state index in [9.17, 15) is 0 Å². The molecule has 0 amide bonds. The molecular weight excluding hydrogens is 453 g/mol. The molecular formula is C21H28IN3O2. The average Bonchev–Trinajstić information content (AvgIpc) is 2.70. The molecule has 0 heterocycles. The second-order valence-electron chi connectivity index (χ2n) is 6.56. The summed E-state index contributed by atoms with van der Waals surface area (Å²) in [6.07, 6.45) is 3.59. The fraction of sp³-hybridized carbons (Fsp3) is 0.381. The van der Waals surface area contributed by atoms with Crippen molar-refractivity contribution < 1.29 is 9.47 Å². The summed E-state index contributed by atoms with van der Waals surface area (Å²) in [5.41, 5.74) is 10.00. The Morgan fingerprint density at radius 3 is 2.70 bits per heavy atom. The van der Waals surface area contributed by atoms with E-state index >= 15 is 0 Å². The first kappa shape index (κ1) is 21.3. The number of aliphatic imine (C=N–C) groups is 1. The van der Waals surface area contributed by atoms with E-state index in [-0.39, 0.29) is 24.0 Å². The molecule has 0 aromatic heterocycles. The SMILES string of the molecule is COc1ccc(CN=C(N)NCC2CCCc3ccccc32)cc1OC.I. The number of halogens is 1. The molecule has 5 nitrogen and oxygen atoms in total. The zero-order valence-electron chi connectivity index (χ0n) is 15.9. The molecule has 1 aliphatic carbocycles. The Morgan fingerprint density at radius 2 is 1.93 bits per heavy atom. The minimum Gasteiger partial charge on any atom is -0.493 e. The van der Waals surface area contributed by atoms with E-state index in [0.717, 1.165) is 12.1 Å². The maximum absolute atomic E-state index is 6.07. The van der Waals surface area contributed by atoms with Crippen molar-refractivity contribution in [1.29, 1.82) is 0 Å². The number of hydrogen-bond donors (Lipinski definition) is 2. The van der Waals surface area contributed by atoms with Gasteiger partial charge in [-0.3, -0.25) is 0 Å². The maximum atomic E-state index is 6.07. The molecule has 1 atom stereocenters. The summed E-state index contributed by atoms with van der Waals surface area (Å²) < 4.78 is 10.6. The summed E-state index contributed by atoms with van der Waals surface area (Å²) in [5, 5.41) is 3.29. The van der Waals surface area contributed by atoms with E-state index < -0.39 is 0 Å². The minimum atomic E-state index is 0. The molecule has 3 rings (SSSR count). The van der Waals surface area contributed by atoms with Crippen LogP contribution in [0.15, 0.2) is 47.5 Å². The van der Waals surface area contributed by atoms with Crippen LogP contribution in [-0.2, 0) is 13.0 Å². The number of benzene rings is 2. The first-order valence-corrected chi connectivity index (χ1v) is 9.03. The van der Waals surface area contributed by atoms with Crippen molar-refractivity contribution in [2.75, 3.05) is 20.8 Å². The number of rotatable bonds is 6. The molecule has 0 fully saturated rings. The number of ether oxygens (including phenoxy) is 2. The van der Waals surface area contributed by atoms with Crippen LogP contribution in [0.3, 0.4) is 0 Å². The summed E-state index contributed by atoms with van der Waals surface area (Å²) in [7, 11) is 3.25. The van der Waals surface area contributed by atoms with Crippen molar-refractivity contribution in [3.63, 3.8) is 0 Å². The zero-order valence-corrected chi connectivity index (χ0v) is 18.2. The first-order valence-electron chi connectivity index (χ1n) is 9.03. The monoisotopic (exact) mass is 481 g/mol. The number of guanidine groups is 1. The van der Waals surface area contributed by atoms with Gasteiger partial charge in [0.1, 0.15) is 0 Å². The van der Waals surface area contributed by atoms with Crippen molar-refractivity contribution in [2.45, 2.75) is 31.7 Å². The summed E-state index contributed by atoms with van der Waals surface area (Å²) in [4.78, 5) is 4.45. The van der Waals surface area contributed by atoms with Crippen molar-refractivity contribution in [3.8, 4) is 11.5 Å². The number of nitrogens with two attached hydrogens (primary N) is 1. The highest BCUT2D eigenvalue weighted by Gasteiger charge is 2.19. The molecule has 0 saturated carbocycles. The van der Waals surface area contributed by atoms with Gasteiger partial charge in [-0.15, -0.1) is 24.0 Å². The lowest BCUT2D eigenvalue weighted by molar-refractivity contribution is 0.354. The van der Waals surface area contributed by atoms with Crippen molar-refractivity contribution in [1.82, 2.24) is 5.32 Å². The van der Waals surface area contributed by atoms with Crippen LogP contribution < -0.4 is 20.5 Å². The molecule has 6 heteroatoms. The van der Waals surface area contributed by atoms with Gasteiger partial charge in [0.05, 0.1) is 20.8 Å². The van der Waals surface area contributed by atoms with Gasteiger partial charge in [0, 0.05) is 12.5 Å². The van der Waals surface area contributed by atoms with E-state index in [1.807, 2.05) is 18.2 Å². The van der Waals surface area contributed by atoms with Crippen LogP contribution in [-0.4, -0.2) is 26.7 Å². The summed E-state index contributed by atoms with van der Waals surface area (Å²) in [5.74, 6) is 2.38. The molecule has 146 valence electrons. The lowest BCUT2D eigenvalue weighted by Crippen LogP contribution is -2.35. The number of hydrogen-bond acceptors (Lipinski definition) is 3. The highest BCUT2D eigenvalue weighted by molar-refractivity contribution is 14.0.